The second-order valence-electron chi connectivity index (χ2n) is 7.30. The second-order valence-corrected chi connectivity index (χ2v) is 7.30. The molecule has 0 aromatic heterocycles. The van der Waals surface area contributed by atoms with E-state index < -0.39 is 72.1 Å². The first-order chi connectivity index (χ1) is 16.1. The zero-order valence-corrected chi connectivity index (χ0v) is 17.4. The Morgan fingerprint density at radius 3 is 2.15 bits per heavy atom. The van der Waals surface area contributed by atoms with Gasteiger partial charge < -0.3 is 50.0 Å². The van der Waals surface area contributed by atoms with Crippen molar-refractivity contribution < 1.29 is 59.5 Å². The summed E-state index contributed by atoms with van der Waals surface area (Å²) < 4.78 is 15.5. The third kappa shape index (κ3) is 5.55. The Balaban J connectivity index is 1.78. The van der Waals surface area contributed by atoms with Crippen LogP contribution in [0.1, 0.15) is 15.9 Å². The monoisotopic (exact) mass is 478 g/mol. The van der Waals surface area contributed by atoms with Gasteiger partial charge in [0, 0.05) is 6.08 Å². The molecule has 7 N–H and O–H groups in total. The van der Waals surface area contributed by atoms with Crippen LogP contribution in [0.5, 0.6) is 23.0 Å². The van der Waals surface area contributed by atoms with E-state index in [1.165, 1.54) is 30.3 Å². The molecule has 1 aliphatic rings. The van der Waals surface area contributed by atoms with E-state index in [9.17, 15) is 45.3 Å². The SMILES string of the molecule is O=C(/C=C/c1ccc(O)cc1)O[C@H]1[C@H](OC(=O)c2cc(O)c(O)c(O)c2)O[C@H](CO)[C@@H](O)[C@@H]1O. The molecule has 2 aromatic carbocycles. The molecular weight excluding hydrogens is 456 g/mol. The molecule has 0 unspecified atom stereocenters. The summed E-state index contributed by atoms with van der Waals surface area (Å²) in [4.78, 5) is 24.8. The zero-order chi connectivity index (χ0) is 25.0. The number of hydrogen-bond acceptors (Lipinski definition) is 12. The zero-order valence-electron chi connectivity index (χ0n) is 17.4. The number of aromatic hydroxyl groups is 4. The Morgan fingerprint density at radius 2 is 1.56 bits per heavy atom. The summed E-state index contributed by atoms with van der Waals surface area (Å²) in [5.41, 5.74) is 0.111. The quantitative estimate of drug-likeness (QED) is 0.163. The summed E-state index contributed by atoms with van der Waals surface area (Å²) in [5, 5.41) is 67.8. The molecule has 12 heteroatoms. The van der Waals surface area contributed by atoms with Crippen molar-refractivity contribution in [2.45, 2.75) is 30.7 Å². The number of rotatable bonds is 6. The molecular formula is C22H22O12. The Morgan fingerprint density at radius 1 is 0.941 bits per heavy atom. The molecule has 2 aromatic rings. The highest BCUT2D eigenvalue weighted by molar-refractivity contribution is 5.91. The maximum atomic E-state index is 12.5. The van der Waals surface area contributed by atoms with Crippen LogP contribution in [-0.4, -0.2) is 85.0 Å². The number of aliphatic hydroxyl groups is 3. The van der Waals surface area contributed by atoms with E-state index in [-0.39, 0.29) is 5.75 Å². The summed E-state index contributed by atoms with van der Waals surface area (Å²) in [5.74, 6) is -4.69. The molecule has 0 spiro atoms. The number of benzene rings is 2. The van der Waals surface area contributed by atoms with Crippen LogP contribution in [0.4, 0.5) is 0 Å². The van der Waals surface area contributed by atoms with Crippen LogP contribution in [0.25, 0.3) is 6.08 Å². The lowest BCUT2D eigenvalue weighted by Crippen LogP contribution is -2.60. The number of hydrogen-bond donors (Lipinski definition) is 7. The molecule has 3 rings (SSSR count). The maximum Gasteiger partial charge on any atom is 0.340 e. The van der Waals surface area contributed by atoms with Gasteiger partial charge in [-0.05, 0) is 35.9 Å². The number of esters is 2. The Kier molecular flexibility index (Phi) is 7.58. The number of phenols is 4. The normalized spacial score (nSPS) is 24.6. The topological polar surface area (TPSA) is 203 Å². The lowest BCUT2D eigenvalue weighted by Gasteiger charge is -2.40. The summed E-state index contributed by atoms with van der Waals surface area (Å²) in [6.07, 6.45) is -6.11. The van der Waals surface area contributed by atoms with Crippen LogP contribution in [0.3, 0.4) is 0 Å². The fourth-order valence-electron chi connectivity index (χ4n) is 3.10. The lowest BCUT2D eigenvalue weighted by atomic mass is 9.99. The largest absolute Gasteiger partial charge is 0.508 e. The maximum absolute atomic E-state index is 12.5. The summed E-state index contributed by atoms with van der Waals surface area (Å²) >= 11 is 0. The van der Waals surface area contributed by atoms with Gasteiger partial charge in [-0.25, -0.2) is 9.59 Å². The van der Waals surface area contributed by atoms with E-state index in [1.54, 1.807) is 0 Å². The van der Waals surface area contributed by atoms with Gasteiger partial charge in [-0.3, -0.25) is 0 Å². The van der Waals surface area contributed by atoms with Crippen LogP contribution in [0.2, 0.25) is 0 Å². The van der Waals surface area contributed by atoms with Gasteiger partial charge in [-0.15, -0.1) is 0 Å². The molecule has 0 aliphatic carbocycles. The number of carbonyl (C=O) groups is 2. The average molecular weight is 478 g/mol. The molecule has 1 heterocycles. The fourth-order valence-corrected chi connectivity index (χ4v) is 3.10. The standard InChI is InChI=1S/C22H22O12/c23-9-15-18(29)19(30)20(33-16(27)6-3-10-1-4-12(24)5-2-10)22(32-15)34-21(31)11-7-13(25)17(28)14(26)8-11/h1-8,15,18-20,22-26,28-30H,9H2/b6-3+/t15-,18-,19+,20-,22+/m1/s1. The first-order valence-electron chi connectivity index (χ1n) is 9.86. The minimum Gasteiger partial charge on any atom is -0.508 e. The average Bonchev–Trinajstić information content (AvgIpc) is 2.81. The van der Waals surface area contributed by atoms with Crippen LogP contribution in [0.15, 0.2) is 42.5 Å². The molecule has 0 bridgehead atoms. The highest BCUT2D eigenvalue weighted by Gasteiger charge is 2.48. The molecule has 5 atom stereocenters. The van der Waals surface area contributed by atoms with Crippen molar-refractivity contribution in [3.63, 3.8) is 0 Å². The first-order valence-corrected chi connectivity index (χ1v) is 9.86. The van der Waals surface area contributed by atoms with Gasteiger partial charge in [0.2, 0.25) is 6.29 Å². The minimum absolute atomic E-state index is 0.0227. The molecule has 34 heavy (non-hydrogen) atoms. The predicted octanol–water partition coefficient (Wildman–Crippen LogP) is -0.270. The smallest absolute Gasteiger partial charge is 0.340 e. The fraction of sp³-hybridized carbons (Fsp3) is 0.273. The Hall–Kier alpha value is -3.84. The number of aliphatic hydroxyl groups excluding tert-OH is 3. The van der Waals surface area contributed by atoms with Crippen molar-refractivity contribution in [3.05, 3.63) is 53.6 Å². The third-order valence-corrected chi connectivity index (χ3v) is 4.91. The second kappa shape index (κ2) is 10.4. The van der Waals surface area contributed by atoms with Crippen molar-refractivity contribution in [3.8, 4) is 23.0 Å². The predicted molar refractivity (Wildman–Crippen MR) is 112 cm³/mol. The van der Waals surface area contributed by atoms with Gasteiger partial charge >= 0.3 is 11.9 Å². The van der Waals surface area contributed by atoms with Crippen molar-refractivity contribution in [1.29, 1.82) is 0 Å². The Bertz CT molecular complexity index is 1040. The number of phenolic OH excluding ortho intramolecular Hbond substituents is 4. The van der Waals surface area contributed by atoms with Gasteiger partial charge in [0.1, 0.15) is 24.1 Å². The molecule has 0 saturated carbocycles. The van der Waals surface area contributed by atoms with E-state index in [1.807, 2.05) is 0 Å². The summed E-state index contributed by atoms with van der Waals surface area (Å²) in [7, 11) is 0. The number of ether oxygens (including phenoxy) is 3. The number of carbonyl (C=O) groups excluding carboxylic acids is 2. The van der Waals surface area contributed by atoms with E-state index in [4.69, 9.17) is 14.2 Å². The molecule has 1 fully saturated rings. The van der Waals surface area contributed by atoms with Gasteiger partial charge in [0.15, 0.2) is 23.4 Å². The van der Waals surface area contributed by atoms with Gasteiger partial charge in [-0.1, -0.05) is 12.1 Å². The van der Waals surface area contributed by atoms with Crippen molar-refractivity contribution in [2.24, 2.45) is 0 Å². The molecule has 1 saturated heterocycles. The highest BCUT2D eigenvalue weighted by Crippen LogP contribution is 2.36. The molecule has 0 amide bonds. The highest BCUT2D eigenvalue weighted by atomic mass is 16.7. The summed E-state index contributed by atoms with van der Waals surface area (Å²) in [6.45, 7) is -0.769. The van der Waals surface area contributed by atoms with E-state index in [0.717, 1.165) is 18.2 Å². The Labute approximate surface area is 192 Å². The third-order valence-electron chi connectivity index (χ3n) is 4.91. The molecule has 182 valence electrons. The van der Waals surface area contributed by atoms with Crippen LogP contribution >= 0.6 is 0 Å². The summed E-state index contributed by atoms with van der Waals surface area (Å²) in [6, 6.07) is 7.39. The minimum atomic E-state index is -1.82. The first kappa shape index (κ1) is 24.8. The molecule has 1 aliphatic heterocycles. The van der Waals surface area contributed by atoms with Crippen molar-refractivity contribution in [2.75, 3.05) is 6.61 Å². The molecule has 0 radical (unpaired) electrons. The van der Waals surface area contributed by atoms with Crippen LogP contribution < -0.4 is 0 Å². The van der Waals surface area contributed by atoms with E-state index in [0.29, 0.717) is 5.56 Å². The van der Waals surface area contributed by atoms with Gasteiger partial charge in [0.05, 0.1) is 12.2 Å². The van der Waals surface area contributed by atoms with Gasteiger partial charge in [-0.2, -0.15) is 0 Å². The van der Waals surface area contributed by atoms with Crippen molar-refractivity contribution in [1.82, 2.24) is 0 Å². The van der Waals surface area contributed by atoms with Crippen LogP contribution in [0, 0.1) is 0 Å². The van der Waals surface area contributed by atoms with Crippen molar-refractivity contribution >= 4 is 18.0 Å². The van der Waals surface area contributed by atoms with E-state index >= 15 is 0 Å². The molecule has 12 nitrogen and oxygen atoms in total. The lowest BCUT2D eigenvalue weighted by molar-refractivity contribution is -0.288. The van der Waals surface area contributed by atoms with Gasteiger partial charge in [0.25, 0.3) is 0 Å². The van der Waals surface area contributed by atoms with Crippen LogP contribution in [-0.2, 0) is 19.0 Å². The van der Waals surface area contributed by atoms with E-state index in [2.05, 4.69) is 0 Å².